The second-order valence-electron chi connectivity index (χ2n) is 7.95. The molecule has 4 N–H and O–H groups in total. The number of aromatic amines is 1. The van der Waals surface area contributed by atoms with Gasteiger partial charge in [-0.3, -0.25) is 4.79 Å². The van der Waals surface area contributed by atoms with Crippen LogP contribution in [0.2, 0.25) is 0 Å². The molecule has 0 saturated carbocycles. The topological polar surface area (TPSA) is 77.1 Å². The Labute approximate surface area is 182 Å². The van der Waals surface area contributed by atoms with Gasteiger partial charge in [-0.25, -0.2) is 0 Å². The molecule has 3 aromatic carbocycles. The van der Waals surface area contributed by atoms with E-state index in [9.17, 15) is 9.90 Å². The number of rotatable bonds is 11. The van der Waals surface area contributed by atoms with Gasteiger partial charge in [0.25, 0.3) is 0 Å². The van der Waals surface area contributed by atoms with Gasteiger partial charge in [0, 0.05) is 36.2 Å². The molecule has 160 valence electrons. The fourth-order valence-corrected chi connectivity index (χ4v) is 4.22. The average Bonchev–Trinajstić information content (AvgIpc) is 3.18. The number of hydrogen-bond donors (Lipinski definition) is 4. The Morgan fingerprint density at radius 2 is 1.65 bits per heavy atom. The van der Waals surface area contributed by atoms with Gasteiger partial charge in [-0.15, -0.1) is 0 Å². The third-order valence-electron chi connectivity index (χ3n) is 5.75. The normalized spacial score (nSPS) is 12.4. The van der Waals surface area contributed by atoms with Crippen molar-refractivity contribution in [2.75, 3.05) is 19.6 Å². The lowest BCUT2D eigenvalue weighted by Gasteiger charge is -2.17. The van der Waals surface area contributed by atoms with Gasteiger partial charge in [-0.2, -0.15) is 0 Å². The molecule has 0 radical (unpaired) electrons. The summed E-state index contributed by atoms with van der Waals surface area (Å²) in [5.41, 5.74) is 3.58. The van der Waals surface area contributed by atoms with Crippen LogP contribution in [0.4, 0.5) is 0 Å². The van der Waals surface area contributed by atoms with Crippen LogP contribution in [0.5, 0.6) is 0 Å². The summed E-state index contributed by atoms with van der Waals surface area (Å²) in [5, 5.41) is 20.0. The summed E-state index contributed by atoms with van der Waals surface area (Å²) in [6.45, 7) is 2.42. The van der Waals surface area contributed by atoms with Gasteiger partial charge < -0.3 is 20.7 Å². The number of aliphatic carboxylic acids is 1. The number of carboxylic acid groups (broad SMARTS) is 1. The van der Waals surface area contributed by atoms with Crippen LogP contribution >= 0.6 is 0 Å². The number of fused-ring (bicyclic) bond motifs is 2. The van der Waals surface area contributed by atoms with Gasteiger partial charge >= 0.3 is 5.97 Å². The van der Waals surface area contributed by atoms with Crippen molar-refractivity contribution in [1.82, 2.24) is 15.6 Å². The lowest BCUT2D eigenvalue weighted by Crippen LogP contribution is -2.38. The van der Waals surface area contributed by atoms with E-state index in [1.807, 2.05) is 24.4 Å². The fourth-order valence-electron chi connectivity index (χ4n) is 4.22. The Hall–Kier alpha value is -3.15. The molecule has 5 heteroatoms. The van der Waals surface area contributed by atoms with Gasteiger partial charge in [-0.05, 0) is 47.4 Å². The number of benzene rings is 3. The highest BCUT2D eigenvalue weighted by molar-refractivity contribution is 5.85. The summed E-state index contributed by atoms with van der Waals surface area (Å²) in [6.07, 6.45) is 3.75. The third-order valence-corrected chi connectivity index (χ3v) is 5.75. The van der Waals surface area contributed by atoms with E-state index in [4.69, 9.17) is 0 Å². The molecule has 4 aromatic rings. The molecule has 0 unspecified atom stereocenters. The van der Waals surface area contributed by atoms with E-state index in [0.29, 0.717) is 6.42 Å². The number of carbonyl (C=O) groups is 1. The zero-order valence-corrected chi connectivity index (χ0v) is 17.6. The van der Waals surface area contributed by atoms with Gasteiger partial charge in [-0.1, -0.05) is 60.7 Å². The zero-order valence-electron chi connectivity index (χ0n) is 17.6. The standard InChI is InChI=1S/C26H29N3O2/c30-26(31)17-22(16-21-18-29-25-11-4-3-10-24(21)25)28-15-14-27-13-12-20-8-5-7-19-6-1-2-9-23(19)20/h1-11,18,22,27-29H,12-17H2,(H,30,31)/t22-/m1/s1. The predicted octanol–water partition coefficient (Wildman–Crippen LogP) is 4.13. The summed E-state index contributed by atoms with van der Waals surface area (Å²) in [5.74, 6) is -0.777. The van der Waals surface area contributed by atoms with Crippen LogP contribution in [0, 0.1) is 0 Å². The monoisotopic (exact) mass is 415 g/mol. The van der Waals surface area contributed by atoms with Crippen LogP contribution < -0.4 is 10.6 Å². The molecule has 0 spiro atoms. The van der Waals surface area contributed by atoms with Crippen molar-refractivity contribution < 1.29 is 9.90 Å². The van der Waals surface area contributed by atoms with Crippen molar-refractivity contribution in [3.8, 4) is 0 Å². The van der Waals surface area contributed by atoms with Gasteiger partial charge in [0.1, 0.15) is 0 Å². The van der Waals surface area contributed by atoms with Crippen LogP contribution in [0.1, 0.15) is 17.5 Å². The highest BCUT2D eigenvalue weighted by Crippen LogP contribution is 2.20. The average molecular weight is 416 g/mol. The molecule has 4 rings (SSSR count). The first-order valence-corrected chi connectivity index (χ1v) is 10.9. The largest absolute Gasteiger partial charge is 0.481 e. The molecular weight excluding hydrogens is 386 g/mol. The zero-order chi connectivity index (χ0) is 21.5. The summed E-state index contributed by atoms with van der Waals surface area (Å²) >= 11 is 0. The molecule has 0 amide bonds. The second kappa shape index (κ2) is 10.2. The number of hydrogen-bond acceptors (Lipinski definition) is 3. The van der Waals surface area contributed by atoms with Crippen molar-refractivity contribution in [2.45, 2.75) is 25.3 Å². The minimum Gasteiger partial charge on any atom is -0.481 e. The van der Waals surface area contributed by atoms with E-state index in [2.05, 4.69) is 64.1 Å². The lowest BCUT2D eigenvalue weighted by atomic mass is 10.0. The Bertz CT molecular complexity index is 1150. The van der Waals surface area contributed by atoms with E-state index in [1.54, 1.807) is 0 Å². The number of nitrogens with one attached hydrogen (secondary N) is 3. The molecule has 0 fully saturated rings. The third kappa shape index (κ3) is 5.51. The summed E-state index contributed by atoms with van der Waals surface area (Å²) in [6, 6.07) is 22.9. The van der Waals surface area contributed by atoms with Crippen LogP contribution in [-0.2, 0) is 17.6 Å². The van der Waals surface area contributed by atoms with Crippen molar-refractivity contribution >= 4 is 27.6 Å². The van der Waals surface area contributed by atoms with E-state index in [-0.39, 0.29) is 12.5 Å². The smallest absolute Gasteiger partial charge is 0.304 e. The quantitative estimate of drug-likeness (QED) is 0.278. The summed E-state index contributed by atoms with van der Waals surface area (Å²) in [4.78, 5) is 14.6. The molecule has 1 aromatic heterocycles. The Morgan fingerprint density at radius 1 is 0.871 bits per heavy atom. The molecule has 0 saturated heterocycles. The number of H-pyrrole nitrogens is 1. The molecule has 0 aliphatic heterocycles. The maximum absolute atomic E-state index is 11.3. The Balaban J connectivity index is 1.26. The van der Waals surface area contributed by atoms with Crippen LogP contribution in [0.3, 0.4) is 0 Å². The van der Waals surface area contributed by atoms with Gasteiger partial charge in [0.2, 0.25) is 0 Å². The van der Waals surface area contributed by atoms with Crippen molar-refractivity contribution in [3.63, 3.8) is 0 Å². The SMILES string of the molecule is O=C(O)C[C@@H](Cc1c[nH]c2ccccc12)NCCNCCc1cccc2ccccc12. The first-order chi connectivity index (χ1) is 15.2. The van der Waals surface area contributed by atoms with Crippen LogP contribution in [0.25, 0.3) is 21.7 Å². The van der Waals surface area contributed by atoms with Crippen molar-refractivity contribution in [1.29, 1.82) is 0 Å². The van der Waals surface area contributed by atoms with Crippen molar-refractivity contribution in [2.24, 2.45) is 0 Å². The molecule has 0 aliphatic carbocycles. The summed E-state index contributed by atoms with van der Waals surface area (Å²) < 4.78 is 0. The van der Waals surface area contributed by atoms with Crippen LogP contribution in [0.15, 0.2) is 72.9 Å². The highest BCUT2D eigenvalue weighted by atomic mass is 16.4. The van der Waals surface area contributed by atoms with Gasteiger partial charge in [0.05, 0.1) is 6.42 Å². The first kappa shape index (κ1) is 21.1. The molecule has 1 heterocycles. The minimum absolute atomic E-state index is 0.100. The summed E-state index contributed by atoms with van der Waals surface area (Å²) in [7, 11) is 0. The molecule has 0 aliphatic rings. The van der Waals surface area contributed by atoms with E-state index in [0.717, 1.165) is 42.5 Å². The molecule has 1 atom stereocenters. The van der Waals surface area contributed by atoms with Crippen molar-refractivity contribution in [3.05, 3.63) is 84.1 Å². The molecule has 5 nitrogen and oxygen atoms in total. The minimum atomic E-state index is -0.777. The maximum atomic E-state index is 11.3. The Kier molecular flexibility index (Phi) is 6.97. The van der Waals surface area contributed by atoms with E-state index < -0.39 is 5.97 Å². The number of aromatic nitrogens is 1. The number of carboxylic acids is 1. The highest BCUT2D eigenvalue weighted by Gasteiger charge is 2.15. The fraction of sp³-hybridized carbons (Fsp3) is 0.269. The molecule has 31 heavy (non-hydrogen) atoms. The van der Waals surface area contributed by atoms with E-state index >= 15 is 0 Å². The molecule has 0 bridgehead atoms. The Morgan fingerprint density at radius 3 is 2.52 bits per heavy atom. The number of para-hydroxylation sites is 1. The lowest BCUT2D eigenvalue weighted by molar-refractivity contribution is -0.137. The second-order valence-corrected chi connectivity index (χ2v) is 7.95. The molecular formula is C26H29N3O2. The van der Waals surface area contributed by atoms with Gasteiger partial charge in [0.15, 0.2) is 0 Å². The van der Waals surface area contributed by atoms with Crippen LogP contribution in [-0.4, -0.2) is 41.7 Å². The van der Waals surface area contributed by atoms with E-state index in [1.165, 1.54) is 16.3 Å². The maximum Gasteiger partial charge on any atom is 0.304 e. The first-order valence-electron chi connectivity index (χ1n) is 10.9. The predicted molar refractivity (Wildman–Crippen MR) is 127 cm³/mol.